The predicted molar refractivity (Wildman–Crippen MR) is 95.4 cm³/mol. The van der Waals surface area contributed by atoms with Crippen LogP contribution in [0.4, 0.5) is 13.2 Å². The number of piperidine rings is 1. The van der Waals surface area contributed by atoms with E-state index in [9.17, 15) is 13.2 Å². The molecule has 3 aromatic rings. The lowest BCUT2D eigenvalue weighted by molar-refractivity contribution is -0.274. The maximum absolute atomic E-state index is 12.7. The number of nitrogens with zero attached hydrogens (tertiary/aromatic N) is 4. The van der Waals surface area contributed by atoms with E-state index < -0.39 is 6.36 Å². The number of ether oxygens (including phenoxy) is 1. The van der Waals surface area contributed by atoms with Crippen LogP contribution in [-0.4, -0.2) is 46.2 Å². The summed E-state index contributed by atoms with van der Waals surface area (Å²) in [5.41, 5.74) is 1.82. The van der Waals surface area contributed by atoms with Crippen molar-refractivity contribution in [1.82, 2.24) is 19.7 Å². The summed E-state index contributed by atoms with van der Waals surface area (Å²) < 4.78 is 44.1. The molecule has 5 nitrogen and oxygen atoms in total. The quantitative estimate of drug-likeness (QED) is 0.685. The third-order valence-corrected chi connectivity index (χ3v) is 4.93. The predicted octanol–water partition coefficient (Wildman–Crippen LogP) is 4.26. The molecule has 1 aromatic carbocycles. The van der Waals surface area contributed by atoms with Crippen molar-refractivity contribution in [3.05, 3.63) is 42.9 Å². The van der Waals surface area contributed by atoms with Gasteiger partial charge in [-0.3, -0.25) is 9.67 Å². The Morgan fingerprint density at radius 1 is 1.15 bits per heavy atom. The Balaban J connectivity index is 1.69. The molecule has 0 saturated carbocycles. The summed E-state index contributed by atoms with van der Waals surface area (Å²) in [7, 11) is 2.11. The lowest BCUT2D eigenvalue weighted by Crippen LogP contribution is -2.31. The van der Waals surface area contributed by atoms with Crippen molar-refractivity contribution in [2.24, 2.45) is 0 Å². The van der Waals surface area contributed by atoms with Crippen molar-refractivity contribution in [1.29, 1.82) is 0 Å². The summed E-state index contributed by atoms with van der Waals surface area (Å²) in [4.78, 5) is 6.39. The zero-order valence-electron chi connectivity index (χ0n) is 14.8. The molecule has 0 spiro atoms. The smallest absolute Gasteiger partial charge is 0.403 e. The molecule has 0 amide bonds. The van der Waals surface area contributed by atoms with E-state index in [0.717, 1.165) is 37.1 Å². The maximum Gasteiger partial charge on any atom is 0.573 e. The van der Waals surface area contributed by atoms with Crippen LogP contribution in [0.3, 0.4) is 0 Å². The summed E-state index contributed by atoms with van der Waals surface area (Å²) in [5.74, 6) is -0.301. The van der Waals surface area contributed by atoms with Crippen LogP contribution in [0.15, 0.2) is 42.9 Å². The molecule has 0 unspecified atom stereocenters. The Morgan fingerprint density at radius 3 is 2.67 bits per heavy atom. The van der Waals surface area contributed by atoms with Gasteiger partial charge < -0.3 is 9.64 Å². The molecule has 8 heteroatoms. The molecule has 1 aliphatic heterocycles. The van der Waals surface area contributed by atoms with Crippen LogP contribution < -0.4 is 4.74 Å². The largest absolute Gasteiger partial charge is 0.573 e. The number of aromatic nitrogens is 3. The monoisotopic (exact) mass is 376 g/mol. The SMILES string of the molecule is CN1CCC(n2cc(-c3ccnc4c(OC(F)(F)F)cccc34)cn2)CC1. The lowest BCUT2D eigenvalue weighted by atomic mass is 10.0. The number of alkyl halides is 3. The van der Waals surface area contributed by atoms with Crippen molar-refractivity contribution in [3.8, 4) is 16.9 Å². The maximum atomic E-state index is 12.7. The Bertz CT molecular complexity index is 946. The van der Waals surface area contributed by atoms with Gasteiger partial charge in [-0.15, -0.1) is 13.2 Å². The van der Waals surface area contributed by atoms with Crippen molar-refractivity contribution in [3.63, 3.8) is 0 Å². The summed E-state index contributed by atoms with van der Waals surface area (Å²) in [6, 6.07) is 6.68. The van der Waals surface area contributed by atoms with E-state index >= 15 is 0 Å². The molecule has 0 bridgehead atoms. The number of hydrogen-bond acceptors (Lipinski definition) is 4. The minimum atomic E-state index is -4.76. The average Bonchev–Trinajstić information content (AvgIpc) is 3.11. The molecule has 1 aliphatic rings. The molecule has 1 fully saturated rings. The van der Waals surface area contributed by atoms with Crippen LogP contribution in [0.25, 0.3) is 22.0 Å². The average molecular weight is 376 g/mol. The van der Waals surface area contributed by atoms with Gasteiger partial charge in [0, 0.05) is 23.3 Å². The second-order valence-electron chi connectivity index (χ2n) is 6.80. The van der Waals surface area contributed by atoms with E-state index in [1.807, 2.05) is 10.9 Å². The highest BCUT2D eigenvalue weighted by Crippen LogP contribution is 2.35. The van der Waals surface area contributed by atoms with E-state index in [1.165, 1.54) is 18.3 Å². The highest BCUT2D eigenvalue weighted by atomic mass is 19.4. The van der Waals surface area contributed by atoms with Crippen molar-refractivity contribution < 1.29 is 17.9 Å². The van der Waals surface area contributed by atoms with Gasteiger partial charge in [-0.25, -0.2) is 0 Å². The summed E-state index contributed by atoms with van der Waals surface area (Å²) in [6.07, 6.45) is 2.50. The van der Waals surface area contributed by atoms with Gasteiger partial charge in [-0.1, -0.05) is 12.1 Å². The Labute approximate surface area is 154 Å². The Hall–Kier alpha value is -2.61. The third-order valence-electron chi connectivity index (χ3n) is 4.93. The minimum Gasteiger partial charge on any atom is -0.403 e. The van der Waals surface area contributed by atoms with Gasteiger partial charge in [0.25, 0.3) is 0 Å². The molecule has 0 atom stereocenters. The van der Waals surface area contributed by atoms with Crippen LogP contribution in [0.1, 0.15) is 18.9 Å². The van der Waals surface area contributed by atoms with Crippen molar-refractivity contribution >= 4 is 10.9 Å². The van der Waals surface area contributed by atoms with Gasteiger partial charge in [-0.05, 0) is 50.7 Å². The first-order valence-corrected chi connectivity index (χ1v) is 8.77. The van der Waals surface area contributed by atoms with Gasteiger partial charge >= 0.3 is 6.36 Å². The molecule has 2 aromatic heterocycles. The van der Waals surface area contributed by atoms with Gasteiger partial charge in [0.1, 0.15) is 5.52 Å². The van der Waals surface area contributed by atoms with Gasteiger partial charge in [0.2, 0.25) is 0 Å². The first-order valence-electron chi connectivity index (χ1n) is 8.77. The summed E-state index contributed by atoms with van der Waals surface area (Å²) >= 11 is 0. The van der Waals surface area contributed by atoms with Gasteiger partial charge in [-0.2, -0.15) is 5.10 Å². The lowest BCUT2D eigenvalue weighted by Gasteiger charge is -2.28. The fraction of sp³-hybridized carbons (Fsp3) is 0.368. The number of pyridine rings is 1. The minimum absolute atomic E-state index is 0.180. The standard InChI is InChI=1S/C19H19F3N4O/c1-25-9-6-14(7-10-25)26-12-13(11-24-26)15-5-8-23-18-16(15)3-2-4-17(18)27-19(20,21)22/h2-5,8,11-12,14H,6-7,9-10H2,1H3. The molecule has 27 heavy (non-hydrogen) atoms. The molecule has 1 saturated heterocycles. The number of halogens is 3. The van der Waals surface area contributed by atoms with Crippen LogP contribution in [0.5, 0.6) is 5.75 Å². The zero-order valence-corrected chi connectivity index (χ0v) is 14.8. The normalized spacial score (nSPS) is 16.7. The molecule has 4 rings (SSSR count). The van der Waals surface area contributed by atoms with Crippen LogP contribution >= 0.6 is 0 Å². The van der Waals surface area contributed by atoms with Crippen molar-refractivity contribution in [2.45, 2.75) is 25.2 Å². The number of rotatable bonds is 3. The first-order chi connectivity index (χ1) is 12.9. The van der Waals surface area contributed by atoms with E-state index in [-0.39, 0.29) is 11.3 Å². The first kappa shape index (κ1) is 17.8. The highest BCUT2D eigenvalue weighted by Gasteiger charge is 2.32. The Morgan fingerprint density at radius 2 is 1.93 bits per heavy atom. The molecule has 0 aliphatic carbocycles. The van der Waals surface area contributed by atoms with E-state index in [2.05, 4.69) is 26.8 Å². The number of para-hydroxylation sites is 1. The summed E-state index contributed by atoms with van der Waals surface area (Å²) in [6.45, 7) is 2.05. The molecule has 3 heterocycles. The van der Waals surface area contributed by atoms with E-state index in [1.54, 1.807) is 18.3 Å². The topological polar surface area (TPSA) is 43.2 Å². The molecular weight excluding hydrogens is 357 g/mol. The molecule has 142 valence electrons. The number of likely N-dealkylation sites (tertiary alicyclic amines) is 1. The number of fused-ring (bicyclic) bond motifs is 1. The van der Waals surface area contributed by atoms with Crippen LogP contribution in [0, 0.1) is 0 Å². The second kappa shape index (κ2) is 6.84. The van der Waals surface area contributed by atoms with E-state index in [0.29, 0.717) is 11.4 Å². The molecular formula is C19H19F3N4O. The van der Waals surface area contributed by atoms with Crippen molar-refractivity contribution in [2.75, 3.05) is 20.1 Å². The zero-order chi connectivity index (χ0) is 19.0. The Kier molecular flexibility index (Phi) is 4.51. The van der Waals surface area contributed by atoms with Crippen LogP contribution in [-0.2, 0) is 0 Å². The highest BCUT2D eigenvalue weighted by molar-refractivity contribution is 5.97. The number of hydrogen-bond donors (Lipinski definition) is 0. The molecule has 0 radical (unpaired) electrons. The van der Waals surface area contributed by atoms with Gasteiger partial charge in [0.15, 0.2) is 5.75 Å². The third kappa shape index (κ3) is 3.75. The van der Waals surface area contributed by atoms with Crippen LogP contribution in [0.2, 0.25) is 0 Å². The molecule has 0 N–H and O–H groups in total. The fourth-order valence-electron chi connectivity index (χ4n) is 3.54. The summed E-state index contributed by atoms with van der Waals surface area (Å²) in [5, 5.41) is 5.10. The second-order valence-corrected chi connectivity index (χ2v) is 6.80. The number of benzene rings is 1. The van der Waals surface area contributed by atoms with E-state index in [4.69, 9.17) is 0 Å². The fourth-order valence-corrected chi connectivity index (χ4v) is 3.54. The van der Waals surface area contributed by atoms with Gasteiger partial charge in [0.05, 0.1) is 12.2 Å².